The van der Waals surface area contributed by atoms with Gasteiger partial charge in [-0.2, -0.15) is 0 Å². The minimum atomic E-state index is 0.469. The van der Waals surface area contributed by atoms with Gasteiger partial charge in [-0.1, -0.05) is 96.9 Å². The molecule has 7 nitrogen and oxygen atoms in total. The second-order valence-electron chi connectivity index (χ2n) is 15.8. The molecule has 0 atom stereocenters. The number of hydrogen-bond donors (Lipinski definition) is 0. The number of halogens is 7. The van der Waals surface area contributed by atoms with Crippen LogP contribution >= 0.6 is 161 Å². The molecule has 14 rings (SSSR count). The fourth-order valence-electron chi connectivity index (χ4n) is 6.88. The van der Waals surface area contributed by atoms with Gasteiger partial charge in [0.2, 0.25) is 0 Å². The van der Waals surface area contributed by atoms with E-state index in [-0.39, 0.29) is 0 Å². The third-order valence-corrected chi connectivity index (χ3v) is 19.1. The van der Waals surface area contributed by atoms with Gasteiger partial charge in [-0.15, -0.1) is 79.4 Å². The van der Waals surface area contributed by atoms with Crippen molar-refractivity contribution < 1.29 is 30.9 Å². The first-order valence-electron chi connectivity index (χ1n) is 28.2. The van der Waals surface area contributed by atoms with E-state index in [1.54, 1.807) is 79.4 Å². The lowest BCUT2D eigenvalue weighted by Gasteiger charge is -1.84. The average molecular weight is 1450 g/mol. The molecule has 0 amide bonds. The molecule has 21 heteroatoms. The highest BCUT2D eigenvalue weighted by molar-refractivity contribution is 7.19. The Labute approximate surface area is 571 Å². The maximum atomic E-state index is 5.81. The van der Waals surface area contributed by atoms with Gasteiger partial charge in [-0.3, -0.25) is 0 Å². The number of aryl methyl sites for hydroxylation is 9. The van der Waals surface area contributed by atoms with Gasteiger partial charge >= 0.3 is 0 Å². The highest BCUT2D eigenvalue weighted by Crippen LogP contribution is 2.38. The Hall–Kier alpha value is -3.29. The second-order valence-corrected chi connectivity index (χ2v) is 25.4. The van der Waals surface area contributed by atoms with Gasteiger partial charge in [0, 0.05) is 93.3 Å². The van der Waals surface area contributed by atoms with Crippen molar-refractivity contribution in [3.63, 3.8) is 0 Å². The Morgan fingerprint density at radius 1 is 0.302 bits per heavy atom. The normalized spacial score (nSPS) is 9.74. The smallest absolute Gasteiger partial charge is 0.198 e. The molecular formula is C65H81Cl7O7S7. The predicted molar refractivity (Wildman–Crippen MR) is 396 cm³/mol. The largest absolute Gasteiger partial charge is 0.434 e. The van der Waals surface area contributed by atoms with Gasteiger partial charge in [0.15, 0.2) is 70.8 Å². The van der Waals surface area contributed by atoms with Crippen molar-refractivity contribution >= 4 is 233 Å². The molecule has 0 radical (unpaired) electrons. The minimum absolute atomic E-state index is 0.469. The molecule has 0 saturated heterocycles. The van der Waals surface area contributed by atoms with E-state index >= 15 is 0 Å². The van der Waals surface area contributed by atoms with Gasteiger partial charge in [0.1, 0.15) is 0 Å². The topological polar surface area (TPSA) is 92.0 Å². The van der Waals surface area contributed by atoms with Crippen molar-refractivity contribution in [3.8, 4) is 0 Å². The van der Waals surface area contributed by atoms with Crippen molar-refractivity contribution in [2.24, 2.45) is 0 Å². The maximum absolute atomic E-state index is 5.81. The van der Waals surface area contributed by atoms with Crippen molar-refractivity contribution in [2.75, 3.05) is 0 Å². The Bertz CT molecular complexity index is 3900. The summed E-state index contributed by atoms with van der Waals surface area (Å²) in [4.78, 5) is 10.3. The predicted octanol–water partition coefficient (Wildman–Crippen LogP) is 32.0. The zero-order valence-electron chi connectivity index (χ0n) is 53.3. The van der Waals surface area contributed by atoms with Crippen LogP contribution in [0.4, 0.5) is 0 Å². The average Bonchev–Trinajstić information content (AvgIpc) is 3.40. The van der Waals surface area contributed by atoms with Crippen LogP contribution < -0.4 is 0 Å². The van der Waals surface area contributed by atoms with Crippen LogP contribution in [-0.4, -0.2) is 0 Å². The fourth-order valence-corrected chi connectivity index (χ4v) is 14.7. The molecule has 0 aliphatic heterocycles. The maximum Gasteiger partial charge on any atom is 0.198 e. The molecule has 14 aromatic heterocycles. The molecule has 0 saturated carbocycles. The van der Waals surface area contributed by atoms with Gasteiger partial charge in [0.25, 0.3) is 0 Å². The van der Waals surface area contributed by atoms with Crippen LogP contribution in [0.3, 0.4) is 0 Å². The molecule has 0 bridgehead atoms. The van der Waals surface area contributed by atoms with E-state index in [4.69, 9.17) is 112 Å². The summed E-state index contributed by atoms with van der Waals surface area (Å²) in [5.41, 5.74) is 6.90. The van der Waals surface area contributed by atoms with Crippen LogP contribution in [-0.2, 0) is 0 Å². The third-order valence-electron chi connectivity index (χ3n) is 10.7. The van der Waals surface area contributed by atoms with E-state index in [0.717, 1.165) is 83.3 Å². The zero-order chi connectivity index (χ0) is 65.7. The zero-order valence-corrected chi connectivity index (χ0v) is 64.3. The first kappa shape index (κ1) is 80.7. The second kappa shape index (κ2) is 41.9. The molecule has 0 aromatic carbocycles. The van der Waals surface area contributed by atoms with Crippen LogP contribution in [0.5, 0.6) is 0 Å². The first-order valence-corrected chi connectivity index (χ1v) is 36.8. The van der Waals surface area contributed by atoms with Crippen molar-refractivity contribution in [3.05, 3.63) is 155 Å². The Kier molecular flexibility index (Phi) is 39.3. The van der Waals surface area contributed by atoms with Crippen LogP contribution in [0.25, 0.3) is 72.0 Å². The lowest BCUT2D eigenvalue weighted by molar-refractivity contribution is 0.622. The summed E-state index contributed by atoms with van der Waals surface area (Å²) in [5.74, 6) is 0. The molecule has 0 aliphatic carbocycles. The summed E-state index contributed by atoms with van der Waals surface area (Å²) in [6, 6.07) is 15.5. The van der Waals surface area contributed by atoms with Crippen LogP contribution in [0.15, 0.2) is 101 Å². The Balaban J connectivity index is 0.000000485. The van der Waals surface area contributed by atoms with Gasteiger partial charge in [-0.25, -0.2) is 0 Å². The Morgan fingerprint density at radius 3 is 1.23 bits per heavy atom. The number of furan rings is 7. The Morgan fingerprint density at radius 2 is 0.698 bits per heavy atom. The minimum Gasteiger partial charge on any atom is -0.434 e. The van der Waals surface area contributed by atoms with Gasteiger partial charge < -0.3 is 30.9 Å². The summed E-state index contributed by atoms with van der Waals surface area (Å²) in [5, 5.41) is 19.5. The monoisotopic (exact) mass is 1440 g/mol. The fraction of sp³-hybridized carbons (Fsp3) is 0.354. The summed E-state index contributed by atoms with van der Waals surface area (Å²) in [7, 11) is 0. The lowest BCUT2D eigenvalue weighted by atomic mass is 10.2. The molecule has 86 heavy (non-hydrogen) atoms. The van der Waals surface area contributed by atoms with Crippen molar-refractivity contribution in [1.29, 1.82) is 0 Å². The molecular weight excluding hydrogens is 1370 g/mol. The van der Waals surface area contributed by atoms with E-state index in [0.29, 0.717) is 36.5 Å². The molecule has 0 N–H and O–H groups in total. The van der Waals surface area contributed by atoms with Crippen LogP contribution in [0, 0.1) is 62.3 Å². The molecule has 14 aromatic rings. The quantitative estimate of drug-likeness (QED) is 0.149. The van der Waals surface area contributed by atoms with Gasteiger partial charge in [-0.05, 0) is 206 Å². The van der Waals surface area contributed by atoms with E-state index in [9.17, 15) is 0 Å². The summed E-state index contributed by atoms with van der Waals surface area (Å²) in [6.07, 6.45) is 0. The molecule has 14 heterocycles. The molecule has 0 aliphatic rings. The molecule has 0 unspecified atom stereocenters. The van der Waals surface area contributed by atoms with E-state index < -0.39 is 0 Å². The van der Waals surface area contributed by atoms with E-state index in [2.05, 4.69) is 50.6 Å². The summed E-state index contributed by atoms with van der Waals surface area (Å²) >= 11 is 51.0. The van der Waals surface area contributed by atoms with Crippen molar-refractivity contribution in [1.82, 2.24) is 0 Å². The highest BCUT2D eigenvalue weighted by atomic mass is 35.5. The van der Waals surface area contributed by atoms with Crippen molar-refractivity contribution in [2.45, 2.75) is 159 Å². The van der Waals surface area contributed by atoms with Gasteiger partial charge in [0.05, 0.1) is 0 Å². The van der Waals surface area contributed by atoms with E-state index in [1.807, 2.05) is 179 Å². The number of thiophene rings is 7. The van der Waals surface area contributed by atoms with Crippen LogP contribution in [0.2, 0.25) is 36.5 Å². The molecule has 0 fully saturated rings. The highest BCUT2D eigenvalue weighted by Gasteiger charge is 2.13. The SMILES string of the molecule is CC.CC.CC.CC.CC.CC.CC.Cc1c(Cl)oc2sccc12.Cc1cc2c(C)c(Cl)oc2s1.Cc1cc2cc(Cl)oc2s1.Cc1csc2oc(Cl)c(C)c12.Cc1csc2oc(Cl)cc12.Cc1sc2oc(Cl)cc2c1C.Clc1cc2ccsc2o1. The number of fused-ring (bicyclic) bond motifs is 7. The molecule has 0 spiro atoms. The number of hydrogen-bond acceptors (Lipinski definition) is 14. The summed E-state index contributed by atoms with van der Waals surface area (Å²) < 4.78 is 36.5. The molecule has 474 valence electrons. The third kappa shape index (κ3) is 22.6. The number of rotatable bonds is 0. The standard InChI is InChI=1S/3C8H7ClOS.3C7H5ClOS.C6H3ClOS.7C2H6/c1-4-5(2)11-8-6(4)3-7(9)10-8;1-4-3-11-8-6(4)5(2)7(9)10-8;1-4-3-6-5(2)7(9)10-8(6)11-4;1-4-3-10-7-5(4)2-6(8)9-7;1-4-2-5-3-6(8)9-7(5)10-4;1-4-5-2-3-10-7(5)9-6(4)8;7-5-3-4-1-2-9-6(4)8-5;7*1-2/h3*3H,1-2H3;3*2-3H,1H3;1-3H;7*1-2H3. The van der Waals surface area contributed by atoms with Crippen LogP contribution in [0.1, 0.15) is 145 Å². The summed E-state index contributed by atoms with van der Waals surface area (Å²) in [6.45, 7) is 46.3. The van der Waals surface area contributed by atoms with E-state index in [1.165, 1.54) is 36.7 Å². The lowest BCUT2D eigenvalue weighted by Crippen LogP contribution is -1.67. The first-order chi connectivity index (χ1) is 41.2.